The van der Waals surface area contributed by atoms with Gasteiger partial charge in [-0.25, -0.2) is 0 Å². The highest BCUT2D eigenvalue weighted by molar-refractivity contribution is 4.94. The monoisotopic (exact) mass is 230 g/mol. The minimum atomic E-state index is 0.0990. The van der Waals surface area contributed by atoms with E-state index in [0.717, 1.165) is 32.2 Å². The van der Waals surface area contributed by atoms with E-state index < -0.39 is 0 Å². The van der Waals surface area contributed by atoms with Crippen LogP contribution in [-0.2, 0) is 9.47 Å². The van der Waals surface area contributed by atoms with Crippen LogP contribution >= 0.6 is 0 Å². The van der Waals surface area contributed by atoms with Crippen molar-refractivity contribution in [2.75, 3.05) is 27.3 Å². The maximum atomic E-state index is 5.91. The van der Waals surface area contributed by atoms with Crippen molar-refractivity contribution in [1.82, 2.24) is 5.32 Å². The number of nitrogens with two attached hydrogens (primary N) is 1. The lowest BCUT2D eigenvalue weighted by atomic mass is 9.80. The fourth-order valence-corrected chi connectivity index (χ4v) is 2.28. The number of hydrogen-bond donors (Lipinski definition) is 2. The average Bonchev–Trinajstić information content (AvgIpc) is 2.36. The van der Waals surface area contributed by atoms with Gasteiger partial charge in [-0.3, -0.25) is 0 Å². The van der Waals surface area contributed by atoms with Gasteiger partial charge < -0.3 is 20.5 Å². The van der Waals surface area contributed by atoms with Crippen molar-refractivity contribution >= 4 is 0 Å². The second-order valence-electron chi connectivity index (χ2n) is 4.85. The predicted molar refractivity (Wildman–Crippen MR) is 65.5 cm³/mol. The van der Waals surface area contributed by atoms with Crippen LogP contribution in [0.4, 0.5) is 0 Å². The molecule has 16 heavy (non-hydrogen) atoms. The van der Waals surface area contributed by atoms with Gasteiger partial charge in [0.25, 0.3) is 0 Å². The molecule has 3 N–H and O–H groups in total. The Balaban J connectivity index is 2.40. The zero-order valence-corrected chi connectivity index (χ0v) is 10.8. The zero-order chi connectivity index (χ0) is 12.0. The molecule has 0 amide bonds. The molecule has 0 aliphatic heterocycles. The van der Waals surface area contributed by atoms with Crippen molar-refractivity contribution in [3.05, 3.63) is 0 Å². The van der Waals surface area contributed by atoms with Crippen molar-refractivity contribution < 1.29 is 9.47 Å². The van der Waals surface area contributed by atoms with Crippen molar-refractivity contribution in [1.29, 1.82) is 0 Å². The van der Waals surface area contributed by atoms with Gasteiger partial charge in [-0.1, -0.05) is 0 Å². The van der Waals surface area contributed by atoms with E-state index in [2.05, 4.69) is 12.2 Å². The molecule has 96 valence electrons. The van der Waals surface area contributed by atoms with E-state index in [0.29, 0.717) is 12.6 Å². The van der Waals surface area contributed by atoms with Crippen LogP contribution in [0.3, 0.4) is 0 Å². The molecular weight excluding hydrogens is 204 g/mol. The Morgan fingerprint density at radius 2 is 2.00 bits per heavy atom. The van der Waals surface area contributed by atoms with Crippen LogP contribution < -0.4 is 11.1 Å². The van der Waals surface area contributed by atoms with Gasteiger partial charge in [0.15, 0.2) is 0 Å². The number of nitrogens with one attached hydrogen (secondary N) is 1. The van der Waals surface area contributed by atoms with Gasteiger partial charge in [0.1, 0.15) is 0 Å². The summed E-state index contributed by atoms with van der Waals surface area (Å²) in [7, 11) is 3.53. The van der Waals surface area contributed by atoms with Gasteiger partial charge in [-0.15, -0.1) is 0 Å². The number of methoxy groups -OCH3 is 2. The first kappa shape index (κ1) is 13.9. The molecule has 0 saturated heterocycles. The van der Waals surface area contributed by atoms with Gasteiger partial charge in [0, 0.05) is 32.8 Å². The minimum Gasteiger partial charge on any atom is -0.381 e. The lowest BCUT2D eigenvalue weighted by Crippen LogP contribution is -2.55. The van der Waals surface area contributed by atoms with Crippen molar-refractivity contribution in [2.24, 2.45) is 5.73 Å². The second kappa shape index (κ2) is 6.55. The minimum absolute atomic E-state index is 0.0990. The molecular formula is C12H26N2O2. The molecule has 0 aromatic rings. The molecule has 0 heterocycles. The van der Waals surface area contributed by atoms with Gasteiger partial charge in [-0.05, 0) is 32.6 Å². The van der Waals surface area contributed by atoms with Crippen LogP contribution in [0.25, 0.3) is 0 Å². The van der Waals surface area contributed by atoms with E-state index in [1.54, 1.807) is 14.2 Å². The fraction of sp³-hybridized carbons (Fsp3) is 1.00. The number of ether oxygens (including phenoxy) is 2. The highest BCUT2D eigenvalue weighted by Crippen LogP contribution is 2.29. The van der Waals surface area contributed by atoms with Crippen LogP contribution in [-0.4, -0.2) is 45.1 Å². The molecule has 0 aromatic carbocycles. The van der Waals surface area contributed by atoms with E-state index in [1.165, 1.54) is 0 Å². The summed E-state index contributed by atoms with van der Waals surface area (Å²) in [4.78, 5) is 0. The number of hydrogen-bond acceptors (Lipinski definition) is 4. The Bertz CT molecular complexity index is 191. The Kier molecular flexibility index (Phi) is 5.69. The standard InChI is InChI=1S/C12H26N2O2/c1-10(15-2)8-14-12(9-13)6-4-11(16-3)5-7-12/h10-11,14H,4-9,13H2,1-3H3. The van der Waals surface area contributed by atoms with Crippen molar-refractivity contribution in [3.8, 4) is 0 Å². The summed E-state index contributed by atoms with van der Waals surface area (Å²) in [5.41, 5.74) is 6.01. The molecule has 1 rings (SSSR count). The topological polar surface area (TPSA) is 56.5 Å². The molecule has 1 saturated carbocycles. The van der Waals surface area contributed by atoms with E-state index in [-0.39, 0.29) is 11.6 Å². The lowest BCUT2D eigenvalue weighted by Gasteiger charge is -2.40. The summed E-state index contributed by atoms with van der Waals surface area (Å²) >= 11 is 0. The Hall–Kier alpha value is -0.160. The molecule has 1 atom stereocenters. The molecule has 4 nitrogen and oxygen atoms in total. The second-order valence-corrected chi connectivity index (χ2v) is 4.85. The highest BCUT2D eigenvalue weighted by atomic mass is 16.5. The normalized spacial score (nSPS) is 32.6. The Morgan fingerprint density at radius 1 is 1.38 bits per heavy atom. The molecule has 0 radical (unpaired) electrons. The summed E-state index contributed by atoms with van der Waals surface area (Å²) in [6, 6.07) is 0. The largest absolute Gasteiger partial charge is 0.381 e. The molecule has 1 unspecified atom stereocenters. The predicted octanol–water partition coefficient (Wildman–Crippen LogP) is 0.897. The molecule has 0 spiro atoms. The number of rotatable bonds is 6. The Morgan fingerprint density at radius 3 is 2.44 bits per heavy atom. The van der Waals surface area contributed by atoms with E-state index in [9.17, 15) is 0 Å². The van der Waals surface area contributed by atoms with Crippen LogP contribution in [0.15, 0.2) is 0 Å². The maximum Gasteiger partial charge on any atom is 0.0667 e. The smallest absolute Gasteiger partial charge is 0.0667 e. The van der Waals surface area contributed by atoms with Crippen LogP contribution in [0.1, 0.15) is 32.6 Å². The quantitative estimate of drug-likeness (QED) is 0.712. The summed E-state index contributed by atoms with van der Waals surface area (Å²) < 4.78 is 10.6. The highest BCUT2D eigenvalue weighted by Gasteiger charge is 2.33. The molecule has 1 fully saturated rings. The molecule has 0 bridgehead atoms. The Labute approximate surface area is 98.9 Å². The lowest BCUT2D eigenvalue weighted by molar-refractivity contribution is 0.0371. The fourth-order valence-electron chi connectivity index (χ4n) is 2.28. The molecule has 1 aliphatic rings. The molecule has 1 aliphatic carbocycles. The van der Waals surface area contributed by atoms with Gasteiger partial charge in [0.05, 0.1) is 12.2 Å². The third-order valence-corrected chi connectivity index (χ3v) is 3.78. The molecule has 0 aromatic heterocycles. The van der Waals surface area contributed by atoms with Crippen LogP contribution in [0, 0.1) is 0 Å². The van der Waals surface area contributed by atoms with Crippen molar-refractivity contribution in [2.45, 2.75) is 50.4 Å². The summed E-state index contributed by atoms with van der Waals surface area (Å²) in [6.45, 7) is 3.63. The van der Waals surface area contributed by atoms with Crippen LogP contribution in [0.2, 0.25) is 0 Å². The summed E-state index contributed by atoms with van der Waals surface area (Å²) in [5, 5.41) is 3.57. The first-order valence-corrected chi connectivity index (χ1v) is 6.16. The first-order chi connectivity index (χ1) is 7.65. The summed E-state index contributed by atoms with van der Waals surface area (Å²) in [6.07, 6.45) is 5.05. The van der Waals surface area contributed by atoms with Crippen LogP contribution in [0.5, 0.6) is 0 Å². The first-order valence-electron chi connectivity index (χ1n) is 6.16. The van der Waals surface area contributed by atoms with Gasteiger partial charge in [0.2, 0.25) is 0 Å². The third-order valence-electron chi connectivity index (χ3n) is 3.78. The van der Waals surface area contributed by atoms with E-state index >= 15 is 0 Å². The van der Waals surface area contributed by atoms with Gasteiger partial charge >= 0.3 is 0 Å². The summed E-state index contributed by atoms with van der Waals surface area (Å²) in [5.74, 6) is 0. The maximum absolute atomic E-state index is 5.91. The van der Waals surface area contributed by atoms with E-state index in [1.807, 2.05) is 0 Å². The van der Waals surface area contributed by atoms with Crippen molar-refractivity contribution in [3.63, 3.8) is 0 Å². The van der Waals surface area contributed by atoms with E-state index in [4.69, 9.17) is 15.2 Å². The molecule has 4 heteroatoms. The van der Waals surface area contributed by atoms with Gasteiger partial charge in [-0.2, -0.15) is 0 Å². The zero-order valence-electron chi connectivity index (χ0n) is 10.8. The average molecular weight is 230 g/mol. The third kappa shape index (κ3) is 3.70. The SMILES string of the molecule is COC(C)CNC1(CN)CCC(OC)CC1.